The van der Waals surface area contributed by atoms with Gasteiger partial charge in [-0.25, -0.2) is 9.78 Å². The summed E-state index contributed by atoms with van der Waals surface area (Å²) in [6.07, 6.45) is 3.56. The average Bonchev–Trinajstić information content (AvgIpc) is 3.33. The normalized spacial score (nSPS) is 18.2. The number of anilines is 1. The van der Waals surface area contributed by atoms with Gasteiger partial charge >= 0.3 is 5.97 Å². The lowest BCUT2D eigenvalue weighted by Crippen LogP contribution is -2.40. The molecule has 174 valence electrons. The zero-order valence-corrected chi connectivity index (χ0v) is 18.9. The minimum atomic E-state index is -1.07. The summed E-state index contributed by atoms with van der Waals surface area (Å²) in [5, 5.41) is 13.0. The second-order valence-corrected chi connectivity index (χ2v) is 8.77. The van der Waals surface area contributed by atoms with E-state index < -0.39 is 17.9 Å². The van der Waals surface area contributed by atoms with Crippen LogP contribution in [0, 0.1) is 5.92 Å². The highest BCUT2D eigenvalue weighted by Crippen LogP contribution is 2.26. The Morgan fingerprint density at radius 2 is 2.00 bits per heavy atom. The largest absolute Gasteiger partial charge is 0.479 e. The van der Waals surface area contributed by atoms with Gasteiger partial charge < -0.3 is 20.2 Å². The van der Waals surface area contributed by atoms with Gasteiger partial charge in [0.15, 0.2) is 6.04 Å². The molecule has 1 unspecified atom stereocenters. The number of aryl methyl sites for hydroxylation is 2. The number of nitrogens with one attached hydrogen (secondary N) is 1. The molecule has 2 aromatic rings. The van der Waals surface area contributed by atoms with Gasteiger partial charge in [0, 0.05) is 38.8 Å². The number of carbonyl (C=O) groups excluding carboxylic acids is 2. The number of hydrogen-bond acceptors (Lipinski definition) is 5. The van der Waals surface area contributed by atoms with E-state index in [4.69, 9.17) is 0 Å². The van der Waals surface area contributed by atoms with Crippen LogP contribution in [0.1, 0.15) is 42.1 Å². The Hall–Kier alpha value is -3.42. The second-order valence-electron chi connectivity index (χ2n) is 8.77. The molecule has 2 amide bonds. The fourth-order valence-corrected chi connectivity index (χ4v) is 4.67. The molecule has 1 saturated heterocycles. The minimum Gasteiger partial charge on any atom is -0.479 e. The molecule has 0 saturated carbocycles. The molecule has 3 heterocycles. The summed E-state index contributed by atoms with van der Waals surface area (Å²) >= 11 is 0. The monoisotopic (exact) mass is 450 g/mol. The topological polar surface area (TPSA) is 103 Å². The molecule has 2 atom stereocenters. The van der Waals surface area contributed by atoms with Gasteiger partial charge in [0.1, 0.15) is 5.82 Å². The van der Waals surface area contributed by atoms with Crippen LogP contribution in [0.15, 0.2) is 42.5 Å². The van der Waals surface area contributed by atoms with E-state index in [1.54, 1.807) is 35.2 Å². The number of pyridine rings is 1. The molecule has 0 radical (unpaired) electrons. The van der Waals surface area contributed by atoms with Crippen molar-refractivity contribution in [2.45, 2.75) is 38.1 Å². The lowest BCUT2D eigenvalue weighted by molar-refractivity contribution is -0.151. The predicted octanol–water partition coefficient (Wildman–Crippen LogP) is 2.51. The SMILES string of the molecule is CN(C(=O)C1CCN(C(=O)CCc2ccc3c(n2)NCCC3)C1)[C@@H](C(=O)O)c1ccccc1. The molecule has 1 aromatic heterocycles. The van der Waals surface area contributed by atoms with Crippen LogP contribution < -0.4 is 5.32 Å². The van der Waals surface area contributed by atoms with Crippen LogP contribution in [-0.2, 0) is 27.2 Å². The first-order valence-electron chi connectivity index (χ1n) is 11.5. The van der Waals surface area contributed by atoms with Gasteiger partial charge in [-0.05, 0) is 42.9 Å². The highest BCUT2D eigenvalue weighted by molar-refractivity contribution is 5.87. The number of aliphatic carboxylic acids is 1. The molecule has 2 aliphatic heterocycles. The van der Waals surface area contributed by atoms with Crippen LogP contribution in [0.25, 0.3) is 0 Å². The van der Waals surface area contributed by atoms with Crippen molar-refractivity contribution in [2.24, 2.45) is 5.92 Å². The Morgan fingerprint density at radius 1 is 1.21 bits per heavy atom. The maximum Gasteiger partial charge on any atom is 0.331 e. The summed E-state index contributed by atoms with van der Waals surface area (Å²) in [4.78, 5) is 45.4. The minimum absolute atomic E-state index is 0.00160. The summed E-state index contributed by atoms with van der Waals surface area (Å²) < 4.78 is 0. The number of carboxylic acids is 1. The van der Waals surface area contributed by atoms with Crippen molar-refractivity contribution >= 4 is 23.6 Å². The summed E-state index contributed by atoms with van der Waals surface area (Å²) in [5.41, 5.74) is 2.66. The Balaban J connectivity index is 1.33. The summed E-state index contributed by atoms with van der Waals surface area (Å²) in [6.45, 7) is 1.75. The first-order valence-corrected chi connectivity index (χ1v) is 11.5. The van der Waals surface area contributed by atoms with Gasteiger partial charge in [-0.15, -0.1) is 0 Å². The van der Waals surface area contributed by atoms with Gasteiger partial charge in [0.2, 0.25) is 11.8 Å². The maximum atomic E-state index is 13.1. The highest BCUT2D eigenvalue weighted by Gasteiger charge is 2.36. The molecule has 1 aromatic carbocycles. The standard InChI is InChI=1S/C25H30N4O4/c1-28(22(25(32)33)17-6-3-2-4-7-17)24(31)19-13-15-29(16-19)21(30)12-11-20-10-9-18-8-5-14-26-23(18)27-20/h2-4,6-7,9-10,19,22H,5,8,11-16H2,1H3,(H,26,27)(H,32,33)/t19?,22-/m1/s1. The van der Waals surface area contributed by atoms with Crippen LogP contribution in [0.3, 0.4) is 0 Å². The molecular formula is C25H30N4O4. The van der Waals surface area contributed by atoms with Gasteiger partial charge in [0.05, 0.1) is 5.92 Å². The van der Waals surface area contributed by atoms with E-state index in [1.807, 2.05) is 6.07 Å². The third kappa shape index (κ3) is 5.16. The predicted molar refractivity (Wildman–Crippen MR) is 124 cm³/mol. The van der Waals surface area contributed by atoms with Crippen molar-refractivity contribution in [3.8, 4) is 0 Å². The highest BCUT2D eigenvalue weighted by atomic mass is 16.4. The van der Waals surface area contributed by atoms with Crippen molar-refractivity contribution in [3.63, 3.8) is 0 Å². The molecule has 33 heavy (non-hydrogen) atoms. The number of carbonyl (C=O) groups is 3. The second kappa shape index (κ2) is 10.0. The van der Waals surface area contributed by atoms with Crippen LogP contribution in [0.4, 0.5) is 5.82 Å². The van der Waals surface area contributed by atoms with Gasteiger partial charge in [-0.3, -0.25) is 9.59 Å². The van der Waals surface area contributed by atoms with Gasteiger partial charge in [-0.1, -0.05) is 36.4 Å². The molecule has 0 bridgehead atoms. The third-order valence-corrected chi connectivity index (χ3v) is 6.52. The molecule has 0 spiro atoms. The number of nitrogens with zero attached hydrogens (tertiary/aromatic N) is 3. The van der Waals surface area contributed by atoms with E-state index in [-0.39, 0.29) is 11.8 Å². The lowest BCUT2D eigenvalue weighted by atomic mass is 10.0. The quantitative estimate of drug-likeness (QED) is 0.672. The molecule has 1 fully saturated rings. The van der Waals surface area contributed by atoms with Crippen molar-refractivity contribution in [3.05, 3.63) is 59.3 Å². The Bertz CT molecular complexity index is 1030. The average molecular weight is 451 g/mol. The third-order valence-electron chi connectivity index (χ3n) is 6.52. The fourth-order valence-electron chi connectivity index (χ4n) is 4.67. The first-order chi connectivity index (χ1) is 15.9. The molecule has 2 N–H and O–H groups in total. The number of likely N-dealkylation sites (N-methyl/N-ethyl adjacent to an activating group) is 1. The summed E-state index contributed by atoms with van der Waals surface area (Å²) in [7, 11) is 1.52. The molecule has 4 rings (SSSR count). The number of rotatable bonds is 7. The first kappa shape index (κ1) is 22.8. The number of carboxylic acid groups (broad SMARTS) is 1. The Labute approximate surface area is 193 Å². The molecule has 2 aliphatic rings. The summed E-state index contributed by atoms with van der Waals surface area (Å²) in [5.74, 6) is -0.791. The number of likely N-dealkylation sites (tertiary alicyclic amines) is 1. The smallest absolute Gasteiger partial charge is 0.331 e. The van der Waals surface area contributed by atoms with Crippen molar-refractivity contribution in [1.82, 2.24) is 14.8 Å². The van der Waals surface area contributed by atoms with Crippen LogP contribution in [0.2, 0.25) is 0 Å². The van der Waals surface area contributed by atoms with Gasteiger partial charge in [0.25, 0.3) is 0 Å². The zero-order chi connectivity index (χ0) is 23.4. The van der Waals surface area contributed by atoms with E-state index >= 15 is 0 Å². The number of benzene rings is 1. The Morgan fingerprint density at radius 3 is 2.76 bits per heavy atom. The van der Waals surface area contributed by atoms with Crippen molar-refractivity contribution in [2.75, 3.05) is 32.0 Å². The van der Waals surface area contributed by atoms with Crippen LogP contribution in [-0.4, -0.2) is 64.4 Å². The van der Waals surface area contributed by atoms with E-state index in [9.17, 15) is 19.5 Å². The number of aromatic nitrogens is 1. The van der Waals surface area contributed by atoms with E-state index in [0.717, 1.165) is 30.9 Å². The lowest BCUT2D eigenvalue weighted by Gasteiger charge is -2.27. The molecule has 8 heteroatoms. The van der Waals surface area contributed by atoms with Crippen LogP contribution >= 0.6 is 0 Å². The van der Waals surface area contributed by atoms with E-state index in [0.29, 0.717) is 37.9 Å². The zero-order valence-electron chi connectivity index (χ0n) is 18.9. The number of hydrogen-bond donors (Lipinski definition) is 2. The molecule has 0 aliphatic carbocycles. The number of fused-ring (bicyclic) bond motifs is 1. The maximum absolute atomic E-state index is 13.1. The number of amides is 2. The van der Waals surface area contributed by atoms with E-state index in [2.05, 4.69) is 16.4 Å². The van der Waals surface area contributed by atoms with Gasteiger partial charge in [-0.2, -0.15) is 0 Å². The van der Waals surface area contributed by atoms with Crippen molar-refractivity contribution < 1.29 is 19.5 Å². The Kier molecular flexibility index (Phi) is 6.91. The van der Waals surface area contributed by atoms with E-state index in [1.165, 1.54) is 17.5 Å². The van der Waals surface area contributed by atoms with Crippen LogP contribution in [0.5, 0.6) is 0 Å². The summed E-state index contributed by atoms with van der Waals surface area (Å²) in [6, 6.07) is 11.8. The molecule has 8 nitrogen and oxygen atoms in total. The fraction of sp³-hybridized carbons (Fsp3) is 0.440. The molecular weight excluding hydrogens is 420 g/mol. The van der Waals surface area contributed by atoms with Crippen molar-refractivity contribution in [1.29, 1.82) is 0 Å².